The summed E-state index contributed by atoms with van der Waals surface area (Å²) in [5, 5.41) is 9.22. The first kappa shape index (κ1) is 18.8. The molecular weight excluding hydrogens is 396 g/mol. The first-order chi connectivity index (χ1) is 13.5. The molecule has 0 saturated carbocycles. The molecule has 0 bridgehead atoms. The number of nitrogens with zero attached hydrogens (tertiary/aromatic N) is 3. The minimum atomic E-state index is -3.68. The average molecular weight is 416 g/mol. The Kier molecular flexibility index (Phi) is 5.03. The van der Waals surface area contributed by atoms with Crippen LogP contribution in [0.3, 0.4) is 0 Å². The number of oxazole rings is 1. The van der Waals surface area contributed by atoms with Crippen molar-refractivity contribution < 1.29 is 17.7 Å². The molecule has 1 aromatic heterocycles. The highest BCUT2D eigenvalue weighted by Crippen LogP contribution is 2.20. The third kappa shape index (κ3) is 3.36. The summed E-state index contributed by atoms with van der Waals surface area (Å²) in [6.45, 7) is 2.70. The Morgan fingerprint density at radius 2 is 1.79 bits per heavy atom. The fourth-order valence-electron chi connectivity index (χ4n) is 3.51. The van der Waals surface area contributed by atoms with E-state index < -0.39 is 10.0 Å². The van der Waals surface area contributed by atoms with Crippen molar-refractivity contribution in [3.8, 4) is 6.07 Å². The van der Waals surface area contributed by atoms with Gasteiger partial charge in [-0.1, -0.05) is 24.3 Å². The van der Waals surface area contributed by atoms with Crippen molar-refractivity contribution in [3.63, 3.8) is 0 Å². The summed E-state index contributed by atoms with van der Waals surface area (Å²) in [7, 11) is -3.68. The topological polar surface area (TPSA) is 83.7 Å². The van der Waals surface area contributed by atoms with Crippen molar-refractivity contribution in [2.45, 2.75) is 11.6 Å². The number of fused-ring (bicyclic) bond motifs is 1. The summed E-state index contributed by atoms with van der Waals surface area (Å²) in [6, 6.07) is 16.0. The number of quaternary nitrogens is 1. The van der Waals surface area contributed by atoms with Gasteiger partial charge in [0.05, 0.1) is 42.2 Å². The van der Waals surface area contributed by atoms with Gasteiger partial charge in [0.25, 0.3) is 4.84 Å². The second kappa shape index (κ2) is 7.48. The summed E-state index contributed by atoms with van der Waals surface area (Å²) in [4.78, 5) is 1.72. The van der Waals surface area contributed by atoms with Crippen LogP contribution in [0.4, 0.5) is 0 Å². The molecule has 2 aromatic carbocycles. The van der Waals surface area contributed by atoms with E-state index in [1.54, 1.807) is 12.1 Å². The normalized spacial score (nSPS) is 16.2. The van der Waals surface area contributed by atoms with Crippen LogP contribution in [0.5, 0.6) is 0 Å². The molecule has 4 rings (SSSR count). The number of piperazine rings is 1. The van der Waals surface area contributed by atoms with Crippen LogP contribution in [0.25, 0.3) is 11.1 Å². The second-order valence-corrected chi connectivity index (χ2v) is 8.94. The van der Waals surface area contributed by atoms with Crippen LogP contribution in [-0.4, -0.2) is 43.5 Å². The van der Waals surface area contributed by atoms with E-state index in [9.17, 15) is 13.7 Å². The Morgan fingerprint density at radius 3 is 2.54 bits per heavy atom. The molecule has 1 saturated heterocycles. The SMILES string of the molecule is N#Cc1ccccc1S(=O)(=O)N1CC[NH+](Cn2c(=S)oc3ccccc32)CC1. The van der Waals surface area contributed by atoms with Crippen LogP contribution in [0.1, 0.15) is 5.56 Å². The van der Waals surface area contributed by atoms with E-state index in [0.717, 1.165) is 11.1 Å². The molecule has 3 aromatic rings. The lowest BCUT2D eigenvalue weighted by atomic mass is 10.2. The van der Waals surface area contributed by atoms with Crippen LogP contribution in [0, 0.1) is 16.2 Å². The highest BCUT2D eigenvalue weighted by Gasteiger charge is 2.32. The lowest BCUT2D eigenvalue weighted by molar-refractivity contribution is -0.926. The first-order valence-corrected chi connectivity index (χ1v) is 10.8. The number of hydrogen-bond acceptors (Lipinski definition) is 5. The first-order valence-electron chi connectivity index (χ1n) is 8.92. The largest absolute Gasteiger partial charge is 0.429 e. The molecule has 7 nitrogen and oxygen atoms in total. The molecule has 1 fully saturated rings. The van der Waals surface area contributed by atoms with Gasteiger partial charge in [-0.3, -0.25) is 4.57 Å². The van der Waals surface area contributed by atoms with Gasteiger partial charge < -0.3 is 9.32 Å². The fourth-order valence-corrected chi connectivity index (χ4v) is 5.35. The minimum Gasteiger partial charge on any atom is -0.429 e. The van der Waals surface area contributed by atoms with E-state index in [1.807, 2.05) is 34.9 Å². The van der Waals surface area contributed by atoms with E-state index >= 15 is 0 Å². The van der Waals surface area contributed by atoms with Gasteiger partial charge in [0, 0.05) is 0 Å². The van der Waals surface area contributed by atoms with Crippen molar-refractivity contribution >= 4 is 33.3 Å². The van der Waals surface area contributed by atoms with Gasteiger partial charge in [0.1, 0.15) is 6.07 Å². The molecule has 0 aliphatic carbocycles. The Hall–Kier alpha value is -2.51. The lowest BCUT2D eigenvalue weighted by Gasteiger charge is -2.31. The van der Waals surface area contributed by atoms with Crippen LogP contribution in [0.2, 0.25) is 0 Å². The average Bonchev–Trinajstić information content (AvgIpc) is 3.03. The zero-order valence-electron chi connectivity index (χ0n) is 15.0. The quantitative estimate of drug-likeness (QED) is 0.651. The second-order valence-electron chi connectivity index (χ2n) is 6.68. The molecule has 9 heteroatoms. The highest BCUT2D eigenvalue weighted by atomic mass is 32.2. The lowest BCUT2D eigenvalue weighted by Crippen LogP contribution is -3.14. The Bertz CT molecular complexity index is 1220. The Labute approximate surface area is 168 Å². The van der Waals surface area contributed by atoms with E-state index in [0.29, 0.717) is 37.7 Å². The predicted octanol–water partition coefficient (Wildman–Crippen LogP) is 1.38. The van der Waals surface area contributed by atoms with E-state index in [1.165, 1.54) is 21.3 Å². The third-order valence-electron chi connectivity index (χ3n) is 5.01. The number of rotatable bonds is 4. The van der Waals surface area contributed by atoms with E-state index in [4.69, 9.17) is 16.6 Å². The van der Waals surface area contributed by atoms with Crippen molar-refractivity contribution in [1.29, 1.82) is 5.26 Å². The molecule has 0 atom stereocenters. The maximum atomic E-state index is 12.9. The Morgan fingerprint density at radius 1 is 1.11 bits per heavy atom. The minimum absolute atomic E-state index is 0.0731. The van der Waals surface area contributed by atoms with Crippen molar-refractivity contribution in [1.82, 2.24) is 8.87 Å². The van der Waals surface area contributed by atoms with Crippen LogP contribution in [0.15, 0.2) is 57.8 Å². The number of hydrogen-bond donors (Lipinski definition) is 1. The third-order valence-corrected chi connectivity index (χ3v) is 7.27. The number of nitrogens with one attached hydrogen (secondary N) is 1. The molecule has 2 heterocycles. The molecule has 0 amide bonds. The monoisotopic (exact) mass is 415 g/mol. The summed E-state index contributed by atoms with van der Waals surface area (Å²) in [5.74, 6) is 0. The summed E-state index contributed by atoms with van der Waals surface area (Å²) in [6.07, 6.45) is 0. The van der Waals surface area contributed by atoms with E-state index in [-0.39, 0.29) is 10.5 Å². The highest BCUT2D eigenvalue weighted by molar-refractivity contribution is 7.89. The maximum Gasteiger partial charge on any atom is 0.274 e. The van der Waals surface area contributed by atoms with Crippen LogP contribution < -0.4 is 4.90 Å². The number of benzene rings is 2. The predicted molar refractivity (Wildman–Crippen MR) is 106 cm³/mol. The molecule has 28 heavy (non-hydrogen) atoms. The summed E-state index contributed by atoms with van der Waals surface area (Å²) >= 11 is 5.34. The number of sulfonamides is 1. The standard InChI is InChI=1S/C19H18N4O3S2/c20-13-15-5-1-4-8-18(15)28(24,25)22-11-9-21(10-12-22)14-23-16-6-2-3-7-17(16)26-19(23)27/h1-8H,9-12,14H2/p+1. The van der Waals surface area contributed by atoms with Crippen molar-refractivity contribution in [2.75, 3.05) is 26.2 Å². The van der Waals surface area contributed by atoms with E-state index in [2.05, 4.69) is 0 Å². The van der Waals surface area contributed by atoms with Gasteiger partial charge in [0.15, 0.2) is 12.3 Å². The fraction of sp³-hybridized carbons (Fsp3) is 0.263. The van der Waals surface area contributed by atoms with Gasteiger partial charge in [-0.2, -0.15) is 9.57 Å². The number of aromatic nitrogens is 1. The summed E-state index contributed by atoms with van der Waals surface area (Å²) in [5.41, 5.74) is 1.87. The van der Waals surface area contributed by atoms with Gasteiger partial charge in [-0.25, -0.2) is 8.42 Å². The molecule has 144 valence electrons. The zero-order chi connectivity index (χ0) is 19.7. The zero-order valence-corrected chi connectivity index (χ0v) is 16.7. The molecule has 1 N–H and O–H groups in total. The molecular formula is C19H19N4O3S2+. The van der Waals surface area contributed by atoms with Gasteiger partial charge in [-0.15, -0.1) is 0 Å². The van der Waals surface area contributed by atoms with Crippen molar-refractivity contribution in [3.05, 3.63) is 58.9 Å². The Balaban J connectivity index is 1.50. The van der Waals surface area contributed by atoms with Gasteiger partial charge >= 0.3 is 0 Å². The van der Waals surface area contributed by atoms with Gasteiger partial charge in [0.2, 0.25) is 10.0 Å². The number of para-hydroxylation sites is 2. The smallest absolute Gasteiger partial charge is 0.274 e. The molecule has 0 unspecified atom stereocenters. The molecule has 0 spiro atoms. The maximum absolute atomic E-state index is 12.9. The van der Waals surface area contributed by atoms with Crippen LogP contribution in [-0.2, 0) is 16.7 Å². The molecule has 0 radical (unpaired) electrons. The van der Waals surface area contributed by atoms with Crippen LogP contribution >= 0.6 is 12.2 Å². The molecule has 1 aliphatic rings. The van der Waals surface area contributed by atoms with Gasteiger partial charge in [-0.05, 0) is 36.5 Å². The summed E-state index contributed by atoms with van der Waals surface area (Å²) < 4.78 is 34.9. The molecule has 1 aliphatic heterocycles. The number of nitriles is 1. The van der Waals surface area contributed by atoms with Crippen molar-refractivity contribution in [2.24, 2.45) is 0 Å².